The summed E-state index contributed by atoms with van der Waals surface area (Å²) in [7, 11) is 0. The summed E-state index contributed by atoms with van der Waals surface area (Å²) in [5.74, 6) is -2.10. The fourth-order valence-electron chi connectivity index (χ4n) is 8.37. The van der Waals surface area contributed by atoms with E-state index in [1.165, 1.54) is 57.8 Å². The summed E-state index contributed by atoms with van der Waals surface area (Å²) in [4.78, 5) is 32.5. The Labute approximate surface area is 405 Å². The van der Waals surface area contributed by atoms with E-state index in [4.69, 9.17) is 29.5 Å². The van der Waals surface area contributed by atoms with Crippen LogP contribution in [0.1, 0.15) is 271 Å². The molecule has 0 aromatic rings. The van der Waals surface area contributed by atoms with E-state index < -0.39 is 17.9 Å². The lowest BCUT2D eigenvalue weighted by Gasteiger charge is -2.28. The maximum absolute atomic E-state index is 10.8. The van der Waals surface area contributed by atoms with Crippen LogP contribution in [-0.2, 0) is 28.6 Å². The fraction of sp³-hybridized carbons (Fsp3) is 0.842. The molecule has 386 valence electrons. The average Bonchev–Trinajstić information content (AvgIpc) is 3.29. The molecule has 3 atom stereocenters. The maximum Gasteiger partial charge on any atom is 0.303 e. The van der Waals surface area contributed by atoms with Gasteiger partial charge in [-0.25, -0.2) is 0 Å². The molecule has 0 aromatic heterocycles. The van der Waals surface area contributed by atoms with Crippen LogP contribution in [0.3, 0.4) is 0 Å². The summed E-state index contributed by atoms with van der Waals surface area (Å²) in [6.07, 6.45) is 53.7. The largest absolute Gasteiger partial charge is 0.481 e. The Morgan fingerprint density at radius 3 is 0.970 bits per heavy atom. The highest BCUT2D eigenvalue weighted by atomic mass is 16.6. The first-order valence-electron chi connectivity index (χ1n) is 27.7. The Hall–Kier alpha value is -2.49. The Morgan fingerprint density at radius 1 is 0.348 bits per heavy atom. The third kappa shape index (κ3) is 48.0. The molecule has 0 spiro atoms. The number of aliphatic carboxylic acids is 3. The maximum atomic E-state index is 10.8. The molecule has 0 bridgehead atoms. The molecular weight excluding hydrogens is 829 g/mol. The summed E-state index contributed by atoms with van der Waals surface area (Å²) in [6, 6.07) is 0. The van der Waals surface area contributed by atoms with Gasteiger partial charge in [-0.05, 0) is 96.3 Å². The quantitative estimate of drug-likeness (QED) is 0.0402. The van der Waals surface area contributed by atoms with E-state index in [1.807, 2.05) is 0 Å². The smallest absolute Gasteiger partial charge is 0.303 e. The molecule has 9 heteroatoms. The van der Waals surface area contributed by atoms with Crippen molar-refractivity contribution in [3.63, 3.8) is 0 Å². The second-order valence-corrected chi connectivity index (χ2v) is 19.1. The zero-order valence-electron chi connectivity index (χ0n) is 43.1. The third-order valence-corrected chi connectivity index (χ3v) is 12.5. The van der Waals surface area contributed by atoms with E-state index in [-0.39, 0.29) is 43.7 Å². The highest BCUT2D eigenvalue weighted by molar-refractivity contribution is 5.67. The Kier molecular flexibility index (Phi) is 48.5. The van der Waals surface area contributed by atoms with E-state index in [2.05, 4.69) is 57.2 Å². The fourth-order valence-corrected chi connectivity index (χ4v) is 8.37. The van der Waals surface area contributed by atoms with Crippen molar-refractivity contribution in [2.45, 2.75) is 296 Å². The molecule has 0 radical (unpaired) electrons. The second-order valence-electron chi connectivity index (χ2n) is 19.1. The van der Waals surface area contributed by atoms with Crippen LogP contribution in [0.5, 0.6) is 0 Å². The highest BCUT2D eigenvalue weighted by Gasteiger charge is 2.21. The minimum absolute atomic E-state index is 0.102. The molecule has 0 saturated carbocycles. The number of carbonyl (C=O) groups is 3. The van der Waals surface area contributed by atoms with Gasteiger partial charge in [0.25, 0.3) is 0 Å². The first kappa shape index (κ1) is 63.5. The van der Waals surface area contributed by atoms with Gasteiger partial charge in [0.15, 0.2) is 0 Å². The number of carboxylic acids is 3. The Balaban J connectivity index is 5.87. The number of unbranched alkanes of at least 4 members (excludes halogenated alkanes) is 24. The summed E-state index contributed by atoms with van der Waals surface area (Å²) >= 11 is 0. The number of ether oxygens (including phenoxy) is 3. The first-order valence-corrected chi connectivity index (χ1v) is 27.7. The van der Waals surface area contributed by atoms with Crippen LogP contribution in [0.25, 0.3) is 0 Å². The van der Waals surface area contributed by atoms with Gasteiger partial charge >= 0.3 is 17.9 Å². The average molecular weight is 933 g/mol. The molecule has 0 heterocycles. The topological polar surface area (TPSA) is 140 Å². The van der Waals surface area contributed by atoms with Crippen molar-refractivity contribution in [3.05, 3.63) is 36.5 Å². The number of hydrogen-bond donors (Lipinski definition) is 3. The molecule has 0 aromatic carbocycles. The molecule has 0 aliphatic heterocycles. The SMILES string of the molecule is CCCCCC[C@H](CC=CCCCCCCCC(=O)O)OCC(CO[C@@H](CC=CCCCCCCCC(=O)O)CCCCCC)O[C@@H](CC=CCCCCCCCC(=O)O)CCCCCC. The van der Waals surface area contributed by atoms with Crippen LogP contribution in [0.2, 0.25) is 0 Å². The van der Waals surface area contributed by atoms with Crippen LogP contribution in [0, 0.1) is 0 Å². The number of hydrogen-bond acceptors (Lipinski definition) is 6. The van der Waals surface area contributed by atoms with Gasteiger partial charge in [-0.15, -0.1) is 0 Å². The minimum Gasteiger partial charge on any atom is -0.481 e. The molecule has 0 saturated heterocycles. The predicted molar refractivity (Wildman–Crippen MR) is 276 cm³/mol. The zero-order valence-corrected chi connectivity index (χ0v) is 43.1. The third-order valence-electron chi connectivity index (χ3n) is 12.5. The van der Waals surface area contributed by atoms with Crippen LogP contribution >= 0.6 is 0 Å². The molecule has 0 aliphatic carbocycles. The van der Waals surface area contributed by atoms with Crippen molar-refractivity contribution >= 4 is 17.9 Å². The number of carboxylic acid groups (broad SMARTS) is 3. The monoisotopic (exact) mass is 933 g/mol. The molecule has 0 aliphatic rings. The van der Waals surface area contributed by atoms with Gasteiger partial charge in [-0.2, -0.15) is 0 Å². The number of rotatable bonds is 53. The lowest BCUT2D eigenvalue weighted by atomic mass is 10.0. The van der Waals surface area contributed by atoms with E-state index in [9.17, 15) is 14.4 Å². The summed E-state index contributed by atoms with van der Waals surface area (Å²) in [5, 5.41) is 26.7. The van der Waals surface area contributed by atoms with Gasteiger partial charge < -0.3 is 29.5 Å². The zero-order chi connectivity index (χ0) is 48.4. The van der Waals surface area contributed by atoms with Gasteiger partial charge in [0, 0.05) is 19.3 Å². The first-order chi connectivity index (χ1) is 32.2. The van der Waals surface area contributed by atoms with Gasteiger partial charge in [-0.1, -0.05) is 192 Å². The van der Waals surface area contributed by atoms with Crippen molar-refractivity contribution in [2.24, 2.45) is 0 Å². The molecule has 0 unspecified atom stereocenters. The molecule has 0 amide bonds. The van der Waals surface area contributed by atoms with Crippen LogP contribution < -0.4 is 0 Å². The van der Waals surface area contributed by atoms with Crippen LogP contribution in [-0.4, -0.2) is 70.9 Å². The Bertz CT molecular complexity index is 1110. The van der Waals surface area contributed by atoms with Crippen LogP contribution in [0.15, 0.2) is 36.5 Å². The normalized spacial score (nSPS) is 13.9. The van der Waals surface area contributed by atoms with E-state index >= 15 is 0 Å². The molecular formula is C57H104O9. The predicted octanol–water partition coefficient (Wildman–Crippen LogP) is 16.7. The van der Waals surface area contributed by atoms with E-state index in [0.717, 1.165) is 173 Å². The molecule has 0 rings (SSSR count). The lowest BCUT2D eigenvalue weighted by Crippen LogP contribution is -2.34. The number of allylic oxidation sites excluding steroid dienone is 3. The van der Waals surface area contributed by atoms with Gasteiger partial charge in [0.2, 0.25) is 0 Å². The van der Waals surface area contributed by atoms with Gasteiger partial charge in [-0.3, -0.25) is 14.4 Å². The van der Waals surface area contributed by atoms with E-state index in [1.54, 1.807) is 0 Å². The molecule has 3 N–H and O–H groups in total. The van der Waals surface area contributed by atoms with E-state index in [0.29, 0.717) is 13.2 Å². The molecule has 66 heavy (non-hydrogen) atoms. The van der Waals surface area contributed by atoms with Gasteiger partial charge in [0.05, 0.1) is 31.5 Å². The minimum atomic E-state index is -0.701. The summed E-state index contributed by atoms with van der Waals surface area (Å²) in [5.41, 5.74) is 0. The second kappa shape index (κ2) is 50.4. The van der Waals surface area contributed by atoms with Crippen molar-refractivity contribution in [3.8, 4) is 0 Å². The summed E-state index contributed by atoms with van der Waals surface area (Å²) < 4.78 is 20.8. The summed E-state index contributed by atoms with van der Waals surface area (Å²) in [6.45, 7) is 7.81. The lowest BCUT2D eigenvalue weighted by molar-refractivity contribution is -0.138. The van der Waals surface area contributed by atoms with Crippen molar-refractivity contribution in [2.75, 3.05) is 13.2 Å². The Morgan fingerprint density at radius 2 is 0.636 bits per heavy atom. The standard InChI is InChI=1S/C57H104O9/c1-4-7-10-31-40-51(42-34-25-19-13-16-22-28-37-46-55(58)59)64-49-54(66-53(44-33-12-9-6-3)45-36-27-21-15-18-24-30-39-48-57(62)63)50-65-52(41-32-11-8-5-2)43-35-26-20-14-17-23-29-38-47-56(60)61/h25-27,34-36,51-54H,4-24,28-33,37-50H2,1-3H3,(H,58,59)(H,60,61)(H,62,63)/t51-,52-,53-,54?/m1/s1. The molecule has 9 nitrogen and oxygen atoms in total. The van der Waals surface area contributed by atoms with Crippen molar-refractivity contribution < 1.29 is 43.9 Å². The molecule has 0 fully saturated rings. The highest BCUT2D eigenvalue weighted by Crippen LogP contribution is 2.21. The van der Waals surface area contributed by atoms with Crippen molar-refractivity contribution in [1.29, 1.82) is 0 Å². The van der Waals surface area contributed by atoms with Crippen LogP contribution in [0.4, 0.5) is 0 Å². The van der Waals surface area contributed by atoms with Gasteiger partial charge in [0.1, 0.15) is 6.10 Å². The van der Waals surface area contributed by atoms with Crippen molar-refractivity contribution in [1.82, 2.24) is 0 Å².